The number of fused-ring (bicyclic) bond motifs is 1. The largest absolute Gasteiger partial charge is 0.495 e. The van der Waals surface area contributed by atoms with Gasteiger partial charge in [0, 0.05) is 17.4 Å². The Morgan fingerprint density at radius 2 is 1.74 bits per heavy atom. The van der Waals surface area contributed by atoms with Gasteiger partial charge in [-0.15, -0.1) is 11.8 Å². The SMILES string of the molecule is COc1cccc(-c2c3n(c(=O)n(CC(N)c4ccccc4)c2=O)C(c2ccccc2C(F)(F)F)CS3)c1Cl. The molecule has 3 aromatic carbocycles. The van der Waals surface area contributed by atoms with Crippen molar-refractivity contribution >= 4 is 23.4 Å². The molecule has 0 fully saturated rings. The van der Waals surface area contributed by atoms with Crippen molar-refractivity contribution in [1.29, 1.82) is 0 Å². The van der Waals surface area contributed by atoms with E-state index >= 15 is 0 Å². The summed E-state index contributed by atoms with van der Waals surface area (Å²) >= 11 is 7.74. The highest BCUT2D eigenvalue weighted by Crippen LogP contribution is 2.45. The summed E-state index contributed by atoms with van der Waals surface area (Å²) in [6.07, 6.45) is -4.63. The van der Waals surface area contributed by atoms with Gasteiger partial charge in [0.25, 0.3) is 5.56 Å². The van der Waals surface area contributed by atoms with Crippen molar-refractivity contribution in [2.24, 2.45) is 5.73 Å². The molecule has 2 unspecified atom stereocenters. The molecule has 0 radical (unpaired) electrons. The predicted molar refractivity (Wildman–Crippen MR) is 146 cm³/mol. The first-order chi connectivity index (χ1) is 18.6. The number of aromatic nitrogens is 2. The molecule has 2 N–H and O–H groups in total. The zero-order valence-electron chi connectivity index (χ0n) is 20.6. The second kappa shape index (κ2) is 10.6. The van der Waals surface area contributed by atoms with E-state index in [1.807, 2.05) is 6.07 Å². The summed E-state index contributed by atoms with van der Waals surface area (Å²) in [5.74, 6) is 0.429. The minimum Gasteiger partial charge on any atom is -0.495 e. The van der Waals surface area contributed by atoms with E-state index in [2.05, 4.69) is 0 Å². The van der Waals surface area contributed by atoms with E-state index in [0.717, 1.165) is 22.4 Å². The van der Waals surface area contributed by atoms with E-state index in [1.54, 1.807) is 42.5 Å². The topological polar surface area (TPSA) is 79.2 Å². The zero-order valence-corrected chi connectivity index (χ0v) is 22.2. The second-order valence-electron chi connectivity index (χ2n) is 9.00. The number of benzene rings is 3. The van der Waals surface area contributed by atoms with Gasteiger partial charge in [0.1, 0.15) is 5.75 Å². The molecule has 2 atom stereocenters. The normalized spacial score (nSPS) is 15.7. The van der Waals surface area contributed by atoms with Crippen LogP contribution >= 0.6 is 23.4 Å². The third-order valence-electron chi connectivity index (χ3n) is 6.70. The Kier molecular flexibility index (Phi) is 7.37. The van der Waals surface area contributed by atoms with Crippen LogP contribution in [0.5, 0.6) is 5.75 Å². The Labute approximate surface area is 230 Å². The number of hydrogen-bond donors (Lipinski definition) is 1. The smallest absolute Gasteiger partial charge is 0.416 e. The van der Waals surface area contributed by atoms with E-state index in [-0.39, 0.29) is 33.5 Å². The first-order valence-corrected chi connectivity index (χ1v) is 13.3. The molecule has 0 amide bonds. The highest BCUT2D eigenvalue weighted by Gasteiger charge is 2.39. The van der Waals surface area contributed by atoms with E-state index < -0.39 is 35.1 Å². The number of rotatable bonds is 6. The average Bonchev–Trinajstić information content (AvgIpc) is 3.37. The van der Waals surface area contributed by atoms with E-state index in [0.29, 0.717) is 16.9 Å². The summed E-state index contributed by atoms with van der Waals surface area (Å²) in [5, 5.41) is 0.392. The van der Waals surface area contributed by atoms with Crippen LogP contribution < -0.4 is 21.7 Å². The lowest BCUT2D eigenvalue weighted by atomic mass is 10.0. The zero-order chi connectivity index (χ0) is 27.9. The van der Waals surface area contributed by atoms with Crippen molar-refractivity contribution in [3.05, 3.63) is 115 Å². The van der Waals surface area contributed by atoms with Gasteiger partial charge in [-0.05, 0) is 23.3 Å². The number of nitrogens with zero attached hydrogens (tertiary/aromatic N) is 2. The molecule has 1 aliphatic heterocycles. The van der Waals surface area contributed by atoms with Gasteiger partial charge in [0.15, 0.2) is 0 Å². The maximum Gasteiger partial charge on any atom is 0.416 e. The molecule has 1 aliphatic rings. The van der Waals surface area contributed by atoms with Crippen LogP contribution in [-0.4, -0.2) is 22.0 Å². The van der Waals surface area contributed by atoms with Crippen LogP contribution in [0.25, 0.3) is 11.1 Å². The number of nitrogens with two attached hydrogens (primary N) is 1. The summed E-state index contributed by atoms with van der Waals surface area (Å²) in [6.45, 7) is -0.186. The van der Waals surface area contributed by atoms with Crippen molar-refractivity contribution in [3.8, 4) is 16.9 Å². The first kappa shape index (κ1) is 27.1. The van der Waals surface area contributed by atoms with Crippen LogP contribution in [-0.2, 0) is 12.7 Å². The molecule has 0 spiro atoms. The number of hydrogen-bond acceptors (Lipinski definition) is 5. The quantitative estimate of drug-likeness (QED) is 0.297. The van der Waals surface area contributed by atoms with Crippen LogP contribution in [0.2, 0.25) is 5.02 Å². The van der Waals surface area contributed by atoms with Crippen LogP contribution in [0.4, 0.5) is 13.2 Å². The van der Waals surface area contributed by atoms with Gasteiger partial charge < -0.3 is 10.5 Å². The molecule has 0 aliphatic carbocycles. The van der Waals surface area contributed by atoms with Crippen molar-refractivity contribution in [1.82, 2.24) is 9.13 Å². The number of ether oxygens (including phenoxy) is 1. The molecule has 39 heavy (non-hydrogen) atoms. The van der Waals surface area contributed by atoms with Crippen LogP contribution in [0.1, 0.15) is 28.8 Å². The summed E-state index contributed by atoms with van der Waals surface area (Å²) in [7, 11) is 1.43. The monoisotopic (exact) mass is 573 g/mol. The van der Waals surface area contributed by atoms with E-state index in [9.17, 15) is 22.8 Å². The molecule has 11 heteroatoms. The molecule has 4 aromatic rings. The minimum atomic E-state index is -4.63. The lowest BCUT2D eigenvalue weighted by Gasteiger charge is -2.22. The lowest BCUT2D eigenvalue weighted by molar-refractivity contribution is -0.138. The van der Waals surface area contributed by atoms with Gasteiger partial charge in [0.2, 0.25) is 0 Å². The number of halogens is 4. The predicted octanol–water partition coefficient (Wildman–Crippen LogP) is 5.75. The lowest BCUT2D eigenvalue weighted by Crippen LogP contribution is -2.44. The maximum absolute atomic E-state index is 14.0. The van der Waals surface area contributed by atoms with Crippen molar-refractivity contribution in [2.45, 2.75) is 29.8 Å². The number of alkyl halides is 3. The van der Waals surface area contributed by atoms with Crippen LogP contribution in [0.3, 0.4) is 0 Å². The van der Waals surface area contributed by atoms with Gasteiger partial charge in [-0.2, -0.15) is 13.2 Å². The fourth-order valence-electron chi connectivity index (χ4n) is 4.83. The standard InChI is InChI=1S/C28H23ClF3N3O3S/c1-38-22-13-7-11-18(24(22)29)23-25(36)34(14-20(33)16-8-3-2-4-9-16)27(37)35-21(15-39-26(23)35)17-10-5-6-12-19(17)28(30,31)32/h2-13,20-21H,14-15,33H2,1H3. The highest BCUT2D eigenvalue weighted by atomic mass is 35.5. The Bertz CT molecular complexity index is 1650. The molecule has 2 heterocycles. The molecule has 1 aromatic heterocycles. The van der Waals surface area contributed by atoms with Gasteiger partial charge in [-0.3, -0.25) is 13.9 Å². The number of thioether (sulfide) groups is 1. The molecule has 5 rings (SSSR count). The third kappa shape index (κ3) is 4.88. The Morgan fingerprint density at radius 1 is 1.05 bits per heavy atom. The highest BCUT2D eigenvalue weighted by molar-refractivity contribution is 7.99. The van der Waals surface area contributed by atoms with Gasteiger partial charge in [0.05, 0.1) is 40.9 Å². The third-order valence-corrected chi connectivity index (χ3v) is 8.25. The average molecular weight is 574 g/mol. The second-order valence-corrected chi connectivity index (χ2v) is 10.4. The minimum absolute atomic E-state index is 0.0569. The van der Waals surface area contributed by atoms with Gasteiger partial charge >= 0.3 is 11.9 Å². The van der Waals surface area contributed by atoms with E-state index in [4.69, 9.17) is 22.1 Å². The summed E-state index contributed by atoms with van der Waals surface area (Å²) in [6, 6.07) is 17.3. The molecule has 0 saturated carbocycles. The van der Waals surface area contributed by atoms with E-state index in [1.165, 1.54) is 29.9 Å². The molecular weight excluding hydrogens is 551 g/mol. The van der Waals surface area contributed by atoms with Crippen molar-refractivity contribution in [3.63, 3.8) is 0 Å². The first-order valence-electron chi connectivity index (χ1n) is 11.9. The summed E-state index contributed by atoms with van der Waals surface area (Å²) in [5.41, 5.74) is 5.24. The maximum atomic E-state index is 14.0. The molecule has 6 nitrogen and oxygen atoms in total. The number of methoxy groups -OCH3 is 1. The van der Waals surface area contributed by atoms with Crippen LogP contribution in [0, 0.1) is 0 Å². The Hall–Kier alpha value is -3.47. The molecule has 0 bridgehead atoms. The van der Waals surface area contributed by atoms with Gasteiger partial charge in [-0.1, -0.05) is 72.3 Å². The van der Waals surface area contributed by atoms with Gasteiger partial charge in [-0.25, -0.2) is 4.79 Å². The fourth-order valence-corrected chi connectivity index (χ4v) is 6.46. The summed E-state index contributed by atoms with van der Waals surface area (Å²) in [4.78, 5) is 27.8. The Morgan fingerprint density at radius 3 is 2.44 bits per heavy atom. The Balaban J connectivity index is 1.78. The van der Waals surface area contributed by atoms with Crippen molar-refractivity contribution in [2.75, 3.05) is 12.9 Å². The fraction of sp³-hybridized carbons (Fsp3) is 0.214. The molecule has 0 saturated heterocycles. The van der Waals surface area contributed by atoms with Crippen LogP contribution in [0.15, 0.2) is 87.4 Å². The molecule has 202 valence electrons. The van der Waals surface area contributed by atoms with Crippen molar-refractivity contribution < 1.29 is 17.9 Å². The summed E-state index contributed by atoms with van der Waals surface area (Å²) < 4.78 is 49.5. The molecular formula is C28H23ClF3N3O3S.